The standard InChI is InChI=1S/C15H18ClN3/c1-10(2)14-8-15(18-9-17-14)19-13-7-5-4-6-12(13)11(3)16/h4-11H,1-3H3,(H,17,18,19). The second-order valence-corrected chi connectivity index (χ2v) is 5.47. The molecular formula is C15H18ClN3. The van der Waals surface area contributed by atoms with Crippen molar-refractivity contribution in [3.8, 4) is 0 Å². The largest absolute Gasteiger partial charge is 0.340 e. The summed E-state index contributed by atoms with van der Waals surface area (Å²) in [5.41, 5.74) is 3.07. The summed E-state index contributed by atoms with van der Waals surface area (Å²) in [5, 5.41) is 3.27. The Morgan fingerprint density at radius 2 is 1.84 bits per heavy atom. The van der Waals surface area contributed by atoms with Crippen LogP contribution >= 0.6 is 11.6 Å². The van der Waals surface area contributed by atoms with Gasteiger partial charge in [0.2, 0.25) is 0 Å². The second kappa shape index (κ2) is 6.02. The van der Waals surface area contributed by atoms with Crippen LogP contribution in [0.2, 0.25) is 0 Å². The topological polar surface area (TPSA) is 37.8 Å². The Bertz CT molecular complexity index is 553. The van der Waals surface area contributed by atoms with E-state index in [4.69, 9.17) is 11.6 Å². The van der Waals surface area contributed by atoms with E-state index >= 15 is 0 Å². The van der Waals surface area contributed by atoms with Crippen LogP contribution < -0.4 is 5.32 Å². The first kappa shape index (κ1) is 13.8. The molecule has 2 rings (SSSR count). The molecule has 0 saturated heterocycles. The lowest BCUT2D eigenvalue weighted by molar-refractivity contribution is 0.815. The molecule has 2 aromatic rings. The fourth-order valence-electron chi connectivity index (χ4n) is 1.85. The van der Waals surface area contributed by atoms with Gasteiger partial charge in [-0.2, -0.15) is 0 Å². The lowest BCUT2D eigenvalue weighted by Gasteiger charge is -2.13. The first-order valence-corrected chi connectivity index (χ1v) is 6.83. The zero-order valence-corrected chi connectivity index (χ0v) is 12.1. The normalized spacial score (nSPS) is 12.5. The number of nitrogens with one attached hydrogen (secondary N) is 1. The van der Waals surface area contributed by atoms with Gasteiger partial charge in [-0.3, -0.25) is 0 Å². The van der Waals surface area contributed by atoms with Crippen molar-refractivity contribution in [1.29, 1.82) is 0 Å². The molecule has 0 bridgehead atoms. The van der Waals surface area contributed by atoms with Crippen LogP contribution in [0.5, 0.6) is 0 Å². The molecule has 1 heterocycles. The maximum Gasteiger partial charge on any atom is 0.134 e. The molecule has 3 nitrogen and oxygen atoms in total. The number of hydrogen-bond acceptors (Lipinski definition) is 3. The van der Waals surface area contributed by atoms with Crippen molar-refractivity contribution in [2.75, 3.05) is 5.32 Å². The fraction of sp³-hybridized carbons (Fsp3) is 0.333. The molecule has 4 heteroatoms. The highest BCUT2D eigenvalue weighted by Crippen LogP contribution is 2.29. The van der Waals surface area contributed by atoms with E-state index in [1.54, 1.807) is 6.33 Å². The summed E-state index contributed by atoms with van der Waals surface area (Å²) in [7, 11) is 0. The molecule has 0 fully saturated rings. The Morgan fingerprint density at radius 1 is 1.11 bits per heavy atom. The van der Waals surface area contributed by atoms with E-state index in [9.17, 15) is 0 Å². The molecule has 0 spiro atoms. The minimum atomic E-state index is -0.0462. The Morgan fingerprint density at radius 3 is 2.53 bits per heavy atom. The lowest BCUT2D eigenvalue weighted by atomic mass is 10.1. The van der Waals surface area contributed by atoms with Crippen molar-refractivity contribution in [3.63, 3.8) is 0 Å². The number of anilines is 2. The van der Waals surface area contributed by atoms with E-state index in [0.29, 0.717) is 5.92 Å². The van der Waals surface area contributed by atoms with Crippen LogP contribution in [0.15, 0.2) is 36.7 Å². The first-order chi connectivity index (χ1) is 9.08. The van der Waals surface area contributed by atoms with Crippen LogP contribution in [0, 0.1) is 0 Å². The summed E-state index contributed by atoms with van der Waals surface area (Å²) in [4.78, 5) is 8.51. The minimum Gasteiger partial charge on any atom is -0.340 e. The zero-order chi connectivity index (χ0) is 13.8. The number of para-hydroxylation sites is 1. The Labute approximate surface area is 119 Å². The van der Waals surface area contributed by atoms with Crippen LogP contribution in [-0.4, -0.2) is 9.97 Å². The highest BCUT2D eigenvalue weighted by atomic mass is 35.5. The molecule has 0 radical (unpaired) electrons. The average Bonchev–Trinajstić information content (AvgIpc) is 2.39. The second-order valence-electron chi connectivity index (χ2n) is 4.81. The molecule has 1 aromatic heterocycles. The van der Waals surface area contributed by atoms with Gasteiger partial charge in [0.25, 0.3) is 0 Å². The van der Waals surface area contributed by atoms with Gasteiger partial charge >= 0.3 is 0 Å². The van der Waals surface area contributed by atoms with Crippen LogP contribution in [0.25, 0.3) is 0 Å². The third-order valence-corrected chi connectivity index (χ3v) is 3.17. The molecule has 0 aliphatic carbocycles. The predicted molar refractivity (Wildman–Crippen MR) is 80.1 cm³/mol. The molecule has 0 saturated carbocycles. The number of benzene rings is 1. The van der Waals surface area contributed by atoms with E-state index in [1.807, 2.05) is 37.3 Å². The van der Waals surface area contributed by atoms with Crippen LogP contribution in [0.3, 0.4) is 0 Å². The summed E-state index contributed by atoms with van der Waals surface area (Å²) in [6, 6.07) is 9.96. The van der Waals surface area contributed by atoms with Gasteiger partial charge < -0.3 is 5.32 Å². The van der Waals surface area contributed by atoms with Gasteiger partial charge in [0, 0.05) is 17.4 Å². The number of aromatic nitrogens is 2. The molecule has 100 valence electrons. The number of hydrogen-bond donors (Lipinski definition) is 1. The van der Waals surface area contributed by atoms with Crippen molar-refractivity contribution < 1.29 is 0 Å². The molecule has 1 aromatic carbocycles. The van der Waals surface area contributed by atoms with Gasteiger partial charge in [0.15, 0.2) is 0 Å². The number of halogens is 1. The third kappa shape index (κ3) is 3.44. The van der Waals surface area contributed by atoms with Gasteiger partial charge in [-0.05, 0) is 24.5 Å². The van der Waals surface area contributed by atoms with Crippen molar-refractivity contribution in [3.05, 3.63) is 47.9 Å². The summed E-state index contributed by atoms with van der Waals surface area (Å²) in [6.45, 7) is 6.18. The summed E-state index contributed by atoms with van der Waals surface area (Å²) >= 11 is 6.18. The van der Waals surface area contributed by atoms with E-state index < -0.39 is 0 Å². The SMILES string of the molecule is CC(C)c1cc(Nc2ccccc2C(C)Cl)ncn1. The molecule has 0 aliphatic rings. The number of nitrogens with zero attached hydrogens (tertiary/aromatic N) is 2. The Hall–Kier alpha value is -1.61. The third-order valence-electron chi connectivity index (χ3n) is 2.93. The maximum atomic E-state index is 6.18. The van der Waals surface area contributed by atoms with Gasteiger partial charge in [-0.25, -0.2) is 9.97 Å². The monoisotopic (exact) mass is 275 g/mol. The Balaban J connectivity index is 2.29. The van der Waals surface area contributed by atoms with Gasteiger partial charge in [-0.1, -0.05) is 32.0 Å². The highest BCUT2D eigenvalue weighted by Gasteiger charge is 2.09. The average molecular weight is 276 g/mol. The van der Waals surface area contributed by atoms with Crippen LogP contribution in [0.1, 0.15) is 43.3 Å². The molecular weight excluding hydrogens is 258 g/mol. The lowest BCUT2D eigenvalue weighted by Crippen LogP contribution is -2.01. The van der Waals surface area contributed by atoms with Crippen molar-refractivity contribution in [1.82, 2.24) is 9.97 Å². The molecule has 1 unspecified atom stereocenters. The van der Waals surface area contributed by atoms with Gasteiger partial charge in [-0.15, -0.1) is 11.6 Å². The highest BCUT2D eigenvalue weighted by molar-refractivity contribution is 6.21. The molecule has 0 amide bonds. The zero-order valence-electron chi connectivity index (χ0n) is 11.4. The van der Waals surface area contributed by atoms with Crippen LogP contribution in [-0.2, 0) is 0 Å². The molecule has 1 atom stereocenters. The van der Waals surface area contributed by atoms with Crippen molar-refractivity contribution in [2.24, 2.45) is 0 Å². The molecule has 19 heavy (non-hydrogen) atoms. The molecule has 1 N–H and O–H groups in total. The number of rotatable bonds is 4. The number of alkyl halides is 1. The van der Waals surface area contributed by atoms with Crippen LogP contribution in [0.4, 0.5) is 11.5 Å². The quantitative estimate of drug-likeness (QED) is 0.826. The maximum absolute atomic E-state index is 6.18. The van der Waals surface area contributed by atoms with Gasteiger partial charge in [0.1, 0.15) is 12.1 Å². The predicted octanol–water partition coefficient (Wildman–Crippen LogP) is 4.64. The van der Waals surface area contributed by atoms with Gasteiger partial charge in [0.05, 0.1) is 5.38 Å². The van der Waals surface area contributed by atoms with E-state index in [-0.39, 0.29) is 5.38 Å². The summed E-state index contributed by atoms with van der Waals surface area (Å²) in [6.07, 6.45) is 1.59. The van der Waals surface area contributed by atoms with E-state index in [1.165, 1.54) is 0 Å². The summed E-state index contributed by atoms with van der Waals surface area (Å²) in [5.74, 6) is 1.18. The van der Waals surface area contributed by atoms with Crippen molar-refractivity contribution >= 4 is 23.1 Å². The van der Waals surface area contributed by atoms with E-state index in [2.05, 4.69) is 29.1 Å². The Kier molecular flexibility index (Phi) is 4.38. The first-order valence-electron chi connectivity index (χ1n) is 6.40. The molecule has 0 aliphatic heterocycles. The smallest absolute Gasteiger partial charge is 0.134 e. The fourth-order valence-corrected chi connectivity index (χ4v) is 2.04. The summed E-state index contributed by atoms with van der Waals surface area (Å²) < 4.78 is 0. The minimum absolute atomic E-state index is 0.0462. The van der Waals surface area contributed by atoms with Crippen molar-refractivity contribution in [2.45, 2.75) is 32.1 Å². The van der Waals surface area contributed by atoms with E-state index in [0.717, 1.165) is 22.8 Å².